The minimum Gasteiger partial charge on any atom is -0.379 e. The van der Waals surface area contributed by atoms with Crippen LogP contribution in [0.2, 0.25) is 0 Å². The summed E-state index contributed by atoms with van der Waals surface area (Å²) < 4.78 is 5.57. The number of fused-ring (bicyclic) bond motifs is 1. The summed E-state index contributed by atoms with van der Waals surface area (Å²) in [4.78, 5) is 39.3. The maximum atomic E-state index is 13.4. The zero-order valence-electron chi connectivity index (χ0n) is 18.1. The molecule has 0 aromatic carbocycles. The molecule has 0 radical (unpaired) electrons. The van der Waals surface area contributed by atoms with Crippen molar-refractivity contribution in [2.45, 2.75) is 45.8 Å². The van der Waals surface area contributed by atoms with Gasteiger partial charge in [0.15, 0.2) is 5.13 Å². The first-order valence-electron chi connectivity index (χ1n) is 10.8. The first-order chi connectivity index (χ1) is 14.9. The van der Waals surface area contributed by atoms with Gasteiger partial charge >= 0.3 is 0 Å². The first-order valence-corrected chi connectivity index (χ1v) is 11.7. The second-order valence-corrected chi connectivity index (χ2v) is 9.58. The minimum absolute atomic E-state index is 0.0740. The lowest BCUT2D eigenvalue weighted by molar-refractivity contribution is -0.114. The van der Waals surface area contributed by atoms with E-state index in [1.54, 1.807) is 6.20 Å². The van der Waals surface area contributed by atoms with E-state index < -0.39 is 0 Å². The molecule has 9 heteroatoms. The van der Waals surface area contributed by atoms with E-state index in [0.29, 0.717) is 29.8 Å². The maximum Gasteiger partial charge on any atom is 0.257 e. The number of morpholine rings is 1. The number of thiazole rings is 1. The van der Waals surface area contributed by atoms with Gasteiger partial charge in [0, 0.05) is 37.8 Å². The molecule has 2 unspecified atom stereocenters. The number of nitrogens with one attached hydrogen (secondary N) is 1. The van der Waals surface area contributed by atoms with E-state index in [4.69, 9.17) is 4.74 Å². The van der Waals surface area contributed by atoms with Gasteiger partial charge in [-0.05, 0) is 38.7 Å². The van der Waals surface area contributed by atoms with Gasteiger partial charge in [-0.25, -0.2) is 4.98 Å². The number of amides is 2. The zero-order chi connectivity index (χ0) is 21.7. The number of hydrogen-bond acceptors (Lipinski definition) is 7. The molecule has 5 rings (SSSR count). The lowest BCUT2D eigenvalue weighted by Crippen LogP contribution is -2.48. The molecule has 2 aliphatic heterocycles. The van der Waals surface area contributed by atoms with Crippen LogP contribution in [0, 0.1) is 12.8 Å². The van der Waals surface area contributed by atoms with E-state index in [2.05, 4.69) is 32.0 Å². The Morgan fingerprint density at radius 1 is 1.32 bits per heavy atom. The van der Waals surface area contributed by atoms with Gasteiger partial charge in [0.05, 0.1) is 35.0 Å². The molecule has 1 aliphatic carbocycles. The summed E-state index contributed by atoms with van der Waals surface area (Å²) in [6, 6.07) is 2.25. The Labute approximate surface area is 185 Å². The molecule has 1 saturated heterocycles. The van der Waals surface area contributed by atoms with Crippen molar-refractivity contribution in [2.75, 3.05) is 31.6 Å². The van der Waals surface area contributed by atoms with Gasteiger partial charge in [0.1, 0.15) is 6.17 Å². The van der Waals surface area contributed by atoms with E-state index >= 15 is 0 Å². The van der Waals surface area contributed by atoms with Crippen LogP contribution in [0.1, 0.15) is 54.5 Å². The number of pyridine rings is 1. The lowest BCUT2D eigenvalue weighted by Gasteiger charge is -2.40. The number of rotatable bonds is 5. The predicted octanol–water partition coefficient (Wildman–Crippen LogP) is 3.06. The van der Waals surface area contributed by atoms with Crippen LogP contribution in [0.15, 0.2) is 12.3 Å². The Hall–Kier alpha value is -2.36. The molecule has 164 valence electrons. The molecular weight excluding hydrogens is 414 g/mol. The summed E-state index contributed by atoms with van der Waals surface area (Å²) in [5.74, 6) is 0.507. The quantitative estimate of drug-likeness (QED) is 0.767. The summed E-state index contributed by atoms with van der Waals surface area (Å²) >= 11 is 1.41. The van der Waals surface area contributed by atoms with Gasteiger partial charge < -0.3 is 15.0 Å². The highest BCUT2D eigenvalue weighted by atomic mass is 32.1. The van der Waals surface area contributed by atoms with Crippen LogP contribution in [0.4, 0.5) is 5.13 Å². The second-order valence-electron chi connectivity index (χ2n) is 8.58. The van der Waals surface area contributed by atoms with Crippen molar-refractivity contribution in [2.24, 2.45) is 5.92 Å². The molecule has 2 amide bonds. The fourth-order valence-corrected chi connectivity index (χ4v) is 5.61. The first kappa shape index (κ1) is 20.5. The summed E-state index contributed by atoms with van der Waals surface area (Å²) in [6.07, 6.45) is 4.00. The molecule has 2 aromatic heterocycles. The molecular formula is C22H27N5O3S. The van der Waals surface area contributed by atoms with Crippen molar-refractivity contribution < 1.29 is 14.3 Å². The Morgan fingerprint density at radius 3 is 2.74 bits per heavy atom. The highest BCUT2D eigenvalue weighted by Gasteiger charge is 2.46. The molecule has 1 saturated carbocycles. The van der Waals surface area contributed by atoms with Crippen LogP contribution in [0.5, 0.6) is 0 Å². The fraction of sp³-hybridized carbons (Fsp3) is 0.545. The van der Waals surface area contributed by atoms with Crippen molar-refractivity contribution >= 4 is 28.3 Å². The monoisotopic (exact) mass is 441 g/mol. The summed E-state index contributed by atoms with van der Waals surface area (Å²) in [6.45, 7) is 8.52. The van der Waals surface area contributed by atoms with Crippen molar-refractivity contribution in [3.05, 3.63) is 29.1 Å². The number of nitrogens with zero attached hydrogens (tertiary/aromatic N) is 4. The molecule has 3 aliphatic rings. The third-order valence-electron chi connectivity index (χ3n) is 6.39. The van der Waals surface area contributed by atoms with Crippen molar-refractivity contribution in [1.29, 1.82) is 0 Å². The zero-order valence-corrected chi connectivity index (χ0v) is 18.9. The highest BCUT2D eigenvalue weighted by Crippen LogP contribution is 2.45. The third kappa shape index (κ3) is 3.75. The van der Waals surface area contributed by atoms with Crippen LogP contribution >= 0.6 is 11.3 Å². The van der Waals surface area contributed by atoms with Gasteiger partial charge in [-0.15, -0.1) is 0 Å². The van der Waals surface area contributed by atoms with Gasteiger partial charge in [-0.1, -0.05) is 11.3 Å². The minimum atomic E-state index is -0.148. The third-order valence-corrected chi connectivity index (χ3v) is 7.48. The largest absolute Gasteiger partial charge is 0.379 e. The van der Waals surface area contributed by atoms with E-state index in [-0.39, 0.29) is 24.0 Å². The molecule has 8 nitrogen and oxygen atoms in total. The summed E-state index contributed by atoms with van der Waals surface area (Å²) in [7, 11) is 0. The van der Waals surface area contributed by atoms with Gasteiger partial charge in [-0.3, -0.25) is 19.5 Å². The van der Waals surface area contributed by atoms with Crippen molar-refractivity contribution in [1.82, 2.24) is 19.8 Å². The molecule has 2 aromatic rings. The molecule has 2 atom stereocenters. The van der Waals surface area contributed by atoms with Crippen LogP contribution in [-0.4, -0.2) is 63.9 Å². The van der Waals surface area contributed by atoms with Crippen LogP contribution in [-0.2, 0) is 9.53 Å². The van der Waals surface area contributed by atoms with Gasteiger partial charge in [0.25, 0.3) is 5.91 Å². The molecule has 1 N–H and O–H groups in total. The van der Waals surface area contributed by atoms with E-state index in [1.807, 2.05) is 13.0 Å². The Balaban J connectivity index is 1.55. The molecule has 0 bridgehead atoms. The average Bonchev–Trinajstić information content (AvgIpc) is 3.48. The summed E-state index contributed by atoms with van der Waals surface area (Å²) in [5.41, 5.74) is 3.31. The van der Waals surface area contributed by atoms with Crippen LogP contribution in [0.25, 0.3) is 10.6 Å². The number of aryl methyl sites for hydroxylation is 1. The highest BCUT2D eigenvalue weighted by molar-refractivity contribution is 7.19. The number of hydrogen-bond donors (Lipinski definition) is 1. The number of carbonyl (C=O) groups is 2. The van der Waals surface area contributed by atoms with Gasteiger partial charge in [-0.2, -0.15) is 0 Å². The predicted molar refractivity (Wildman–Crippen MR) is 118 cm³/mol. The number of aromatic nitrogens is 2. The standard InChI is InChI=1S/C22H27N5O3S/c1-12-19(31-22(24-12)25-14(3)28)18-10-16-17(11-23-18)21(29)27(13(2)15-4-5-15)20(16)26-6-8-30-9-7-26/h10-11,13,15,20H,4-9H2,1-3H3,(H,24,25,28). The van der Waals surface area contributed by atoms with E-state index in [0.717, 1.165) is 34.9 Å². The van der Waals surface area contributed by atoms with Crippen LogP contribution < -0.4 is 5.32 Å². The van der Waals surface area contributed by atoms with Gasteiger partial charge in [0.2, 0.25) is 5.91 Å². The Kier molecular flexibility index (Phi) is 5.27. The molecule has 2 fully saturated rings. The average molecular weight is 442 g/mol. The van der Waals surface area contributed by atoms with E-state index in [9.17, 15) is 9.59 Å². The number of carbonyl (C=O) groups excluding carboxylic acids is 2. The van der Waals surface area contributed by atoms with Crippen molar-refractivity contribution in [3.63, 3.8) is 0 Å². The molecule has 0 spiro atoms. The normalized spacial score (nSPS) is 22.5. The summed E-state index contributed by atoms with van der Waals surface area (Å²) in [5, 5.41) is 3.32. The Bertz CT molecular complexity index is 1030. The van der Waals surface area contributed by atoms with E-state index in [1.165, 1.54) is 31.1 Å². The van der Waals surface area contributed by atoms with Crippen LogP contribution in [0.3, 0.4) is 0 Å². The number of ether oxygens (including phenoxy) is 1. The Morgan fingerprint density at radius 2 is 2.06 bits per heavy atom. The fourth-order valence-electron chi connectivity index (χ4n) is 4.63. The SMILES string of the molecule is CC(=O)Nc1nc(C)c(-c2cc3c(cn2)C(=O)N(C(C)C2CC2)C3N2CCOCC2)s1. The number of anilines is 1. The smallest absolute Gasteiger partial charge is 0.257 e. The van der Waals surface area contributed by atoms with Crippen molar-refractivity contribution in [3.8, 4) is 10.6 Å². The maximum absolute atomic E-state index is 13.4. The molecule has 31 heavy (non-hydrogen) atoms. The molecule has 4 heterocycles. The lowest BCUT2D eigenvalue weighted by atomic mass is 10.1. The topological polar surface area (TPSA) is 87.7 Å². The second kappa shape index (κ2) is 7.96.